The Bertz CT molecular complexity index is 548. The van der Waals surface area contributed by atoms with Crippen LogP contribution in [0.25, 0.3) is 11.4 Å². The fourth-order valence-corrected chi connectivity index (χ4v) is 2.14. The molecular formula is C14H18N4O. The van der Waals surface area contributed by atoms with Crippen molar-refractivity contribution in [1.29, 1.82) is 0 Å². The number of rotatable bonds is 5. The summed E-state index contributed by atoms with van der Waals surface area (Å²) in [6.45, 7) is 2.07. The molecule has 1 aromatic carbocycles. The van der Waals surface area contributed by atoms with Crippen molar-refractivity contribution in [2.24, 2.45) is 10.9 Å². The van der Waals surface area contributed by atoms with E-state index >= 15 is 0 Å². The second kappa shape index (κ2) is 6.04. The second-order valence-electron chi connectivity index (χ2n) is 4.38. The summed E-state index contributed by atoms with van der Waals surface area (Å²) in [6, 6.07) is 10.1. The monoisotopic (exact) mass is 258 g/mol. The topological polar surface area (TPSA) is 76.4 Å². The summed E-state index contributed by atoms with van der Waals surface area (Å²) >= 11 is 0. The highest BCUT2D eigenvalue weighted by Crippen LogP contribution is 2.24. The molecule has 3 N–H and O–H groups in total. The van der Waals surface area contributed by atoms with Gasteiger partial charge >= 0.3 is 0 Å². The lowest BCUT2D eigenvalue weighted by Crippen LogP contribution is -2.19. The summed E-state index contributed by atoms with van der Waals surface area (Å²) in [5.74, 6) is 1.14. The number of hydrogen-bond donors (Lipinski definition) is 2. The molecule has 2 rings (SSSR count). The highest BCUT2D eigenvalue weighted by atomic mass is 16.4. The van der Waals surface area contributed by atoms with Gasteiger partial charge in [0.05, 0.1) is 0 Å². The number of benzene rings is 1. The lowest BCUT2D eigenvalue weighted by atomic mass is 10.1. The van der Waals surface area contributed by atoms with Gasteiger partial charge in [-0.15, -0.1) is 0 Å². The van der Waals surface area contributed by atoms with Crippen LogP contribution in [0.5, 0.6) is 0 Å². The molecule has 5 nitrogen and oxygen atoms in total. The molecule has 2 aromatic rings. The minimum Gasteiger partial charge on any atom is -0.409 e. The molecule has 0 saturated carbocycles. The molecule has 0 aliphatic rings. The van der Waals surface area contributed by atoms with E-state index in [0.29, 0.717) is 6.42 Å². The van der Waals surface area contributed by atoms with Gasteiger partial charge in [0.2, 0.25) is 0 Å². The van der Waals surface area contributed by atoms with E-state index in [1.165, 1.54) is 0 Å². The molecule has 1 unspecified atom stereocenters. The molecule has 0 aliphatic carbocycles. The Labute approximate surface area is 112 Å². The van der Waals surface area contributed by atoms with Crippen LogP contribution in [0.3, 0.4) is 0 Å². The molecule has 0 bridgehead atoms. The molecule has 0 fully saturated rings. The zero-order chi connectivity index (χ0) is 13.7. The van der Waals surface area contributed by atoms with Crippen LogP contribution in [0.2, 0.25) is 0 Å². The lowest BCUT2D eigenvalue weighted by Gasteiger charge is -2.18. The molecule has 0 spiro atoms. The van der Waals surface area contributed by atoms with Crippen LogP contribution < -0.4 is 5.73 Å². The summed E-state index contributed by atoms with van der Waals surface area (Å²) < 4.78 is 2.08. The van der Waals surface area contributed by atoms with Crippen molar-refractivity contribution in [3.8, 4) is 11.4 Å². The van der Waals surface area contributed by atoms with Crippen molar-refractivity contribution >= 4 is 5.84 Å². The Morgan fingerprint density at radius 1 is 1.42 bits per heavy atom. The van der Waals surface area contributed by atoms with E-state index in [0.717, 1.165) is 17.8 Å². The number of aromatic nitrogens is 2. The fraction of sp³-hybridized carbons (Fsp3) is 0.286. The quantitative estimate of drug-likeness (QED) is 0.374. The Hall–Kier alpha value is -2.30. The normalized spacial score (nSPS) is 13.4. The van der Waals surface area contributed by atoms with Gasteiger partial charge in [0.1, 0.15) is 11.7 Å². The summed E-state index contributed by atoms with van der Waals surface area (Å²) in [5.41, 5.74) is 6.67. The molecule has 100 valence electrons. The third kappa shape index (κ3) is 2.93. The van der Waals surface area contributed by atoms with E-state index in [4.69, 9.17) is 10.9 Å². The second-order valence-corrected chi connectivity index (χ2v) is 4.38. The van der Waals surface area contributed by atoms with Crippen LogP contribution in [-0.2, 0) is 0 Å². The standard InChI is InChI=1S/C14H18N4O/c1-2-12(10-13(15)17-19)18-9-8-16-14(18)11-6-4-3-5-7-11/h3-9,12,19H,2,10H2,1H3,(H2,15,17). The molecule has 1 atom stereocenters. The number of oxime groups is 1. The van der Waals surface area contributed by atoms with Crippen LogP contribution >= 0.6 is 0 Å². The third-order valence-electron chi connectivity index (χ3n) is 3.14. The molecule has 0 aliphatic heterocycles. The van der Waals surface area contributed by atoms with Gasteiger partial charge in [0.25, 0.3) is 0 Å². The maximum atomic E-state index is 8.70. The predicted octanol–water partition coefficient (Wildman–Crippen LogP) is 2.64. The van der Waals surface area contributed by atoms with Crippen LogP contribution in [-0.4, -0.2) is 20.6 Å². The zero-order valence-electron chi connectivity index (χ0n) is 10.9. The van der Waals surface area contributed by atoms with Gasteiger partial charge in [-0.05, 0) is 6.42 Å². The molecule has 0 amide bonds. The number of amidine groups is 1. The Morgan fingerprint density at radius 3 is 2.79 bits per heavy atom. The Morgan fingerprint density at radius 2 is 2.16 bits per heavy atom. The van der Waals surface area contributed by atoms with E-state index < -0.39 is 0 Å². The first-order chi connectivity index (χ1) is 9.26. The average molecular weight is 258 g/mol. The highest BCUT2D eigenvalue weighted by Gasteiger charge is 2.15. The summed E-state index contributed by atoms with van der Waals surface area (Å²) in [7, 11) is 0. The molecule has 1 aromatic heterocycles. The van der Waals surface area contributed by atoms with Crippen molar-refractivity contribution in [3.63, 3.8) is 0 Å². The maximum Gasteiger partial charge on any atom is 0.141 e. The smallest absolute Gasteiger partial charge is 0.141 e. The van der Waals surface area contributed by atoms with E-state index in [-0.39, 0.29) is 11.9 Å². The minimum atomic E-state index is 0.133. The maximum absolute atomic E-state index is 8.70. The molecular weight excluding hydrogens is 240 g/mol. The molecule has 5 heteroatoms. The van der Waals surface area contributed by atoms with Gasteiger partial charge in [-0.25, -0.2) is 4.98 Å². The molecule has 19 heavy (non-hydrogen) atoms. The van der Waals surface area contributed by atoms with Gasteiger partial charge in [-0.2, -0.15) is 0 Å². The van der Waals surface area contributed by atoms with E-state index in [2.05, 4.69) is 21.6 Å². The van der Waals surface area contributed by atoms with Crippen LogP contribution in [0.1, 0.15) is 25.8 Å². The SMILES string of the molecule is CCC(C/C(N)=N/O)n1ccnc1-c1ccccc1. The van der Waals surface area contributed by atoms with Crippen molar-refractivity contribution in [1.82, 2.24) is 9.55 Å². The Balaban J connectivity index is 2.32. The van der Waals surface area contributed by atoms with Gasteiger partial charge in [0, 0.05) is 30.4 Å². The number of nitrogens with two attached hydrogens (primary N) is 1. The van der Waals surface area contributed by atoms with Crippen LogP contribution in [0, 0.1) is 0 Å². The third-order valence-corrected chi connectivity index (χ3v) is 3.14. The van der Waals surface area contributed by atoms with Crippen LogP contribution in [0.15, 0.2) is 47.9 Å². The summed E-state index contributed by atoms with van der Waals surface area (Å²) in [4.78, 5) is 4.41. The largest absolute Gasteiger partial charge is 0.409 e. The number of nitrogens with zero attached hydrogens (tertiary/aromatic N) is 3. The lowest BCUT2D eigenvalue weighted by molar-refractivity contribution is 0.315. The fourth-order valence-electron chi connectivity index (χ4n) is 2.14. The summed E-state index contributed by atoms with van der Waals surface area (Å²) in [5, 5.41) is 11.8. The zero-order valence-corrected chi connectivity index (χ0v) is 10.9. The van der Waals surface area contributed by atoms with Gasteiger partial charge in [-0.3, -0.25) is 0 Å². The van der Waals surface area contributed by atoms with Gasteiger partial charge < -0.3 is 15.5 Å². The number of imidazole rings is 1. The van der Waals surface area contributed by atoms with E-state index in [1.54, 1.807) is 6.20 Å². The molecule has 0 radical (unpaired) electrons. The first kappa shape index (κ1) is 13.1. The first-order valence-corrected chi connectivity index (χ1v) is 6.31. The Kier molecular flexibility index (Phi) is 4.18. The van der Waals surface area contributed by atoms with Crippen molar-refractivity contribution in [3.05, 3.63) is 42.7 Å². The van der Waals surface area contributed by atoms with Gasteiger partial charge in [-0.1, -0.05) is 42.4 Å². The van der Waals surface area contributed by atoms with Crippen molar-refractivity contribution in [2.75, 3.05) is 0 Å². The average Bonchev–Trinajstić information content (AvgIpc) is 2.94. The predicted molar refractivity (Wildman–Crippen MR) is 75.0 cm³/mol. The van der Waals surface area contributed by atoms with Crippen LogP contribution in [0.4, 0.5) is 0 Å². The van der Waals surface area contributed by atoms with Crippen molar-refractivity contribution < 1.29 is 5.21 Å². The first-order valence-electron chi connectivity index (χ1n) is 6.31. The van der Waals surface area contributed by atoms with Crippen molar-refractivity contribution in [2.45, 2.75) is 25.8 Å². The summed E-state index contributed by atoms with van der Waals surface area (Å²) in [6.07, 6.45) is 5.09. The highest BCUT2D eigenvalue weighted by molar-refractivity contribution is 5.80. The number of hydrogen-bond acceptors (Lipinski definition) is 3. The van der Waals surface area contributed by atoms with E-state index in [1.807, 2.05) is 36.5 Å². The molecule has 1 heterocycles. The van der Waals surface area contributed by atoms with Gasteiger partial charge in [0.15, 0.2) is 0 Å². The molecule has 0 saturated heterocycles. The van der Waals surface area contributed by atoms with E-state index in [9.17, 15) is 0 Å². The minimum absolute atomic E-state index is 0.133.